The summed E-state index contributed by atoms with van der Waals surface area (Å²) in [5.41, 5.74) is 2.22. The van der Waals surface area contributed by atoms with Gasteiger partial charge in [0.25, 0.3) is 5.91 Å². The minimum Gasteiger partial charge on any atom is -0.384 e. The Balaban J connectivity index is 1.83. The second-order valence-electron chi connectivity index (χ2n) is 5.10. The van der Waals surface area contributed by atoms with E-state index in [4.69, 9.17) is 0 Å². The number of aliphatic hydroxyl groups is 1. The summed E-state index contributed by atoms with van der Waals surface area (Å²) in [5.74, 6) is -0.173. The molecule has 5 heteroatoms. The van der Waals surface area contributed by atoms with Crippen molar-refractivity contribution in [3.63, 3.8) is 0 Å². The minimum absolute atomic E-state index is 0.173. The molecule has 0 bridgehead atoms. The largest absolute Gasteiger partial charge is 0.384 e. The highest BCUT2D eigenvalue weighted by molar-refractivity contribution is 5.80. The SMILES string of the molecule is Cc1ccc(CN2CCN(C(=O)C(C)O)CC2)nc1. The predicted molar refractivity (Wildman–Crippen MR) is 72.5 cm³/mol. The molecule has 1 aliphatic heterocycles. The Morgan fingerprint density at radius 1 is 1.37 bits per heavy atom. The van der Waals surface area contributed by atoms with Crippen LogP contribution in [0.5, 0.6) is 0 Å². The minimum atomic E-state index is -0.898. The van der Waals surface area contributed by atoms with Crippen LogP contribution in [-0.4, -0.2) is 58.1 Å². The maximum absolute atomic E-state index is 11.6. The second kappa shape index (κ2) is 6.12. The molecule has 1 unspecified atom stereocenters. The third kappa shape index (κ3) is 3.75. The molecule has 0 spiro atoms. The normalized spacial score (nSPS) is 18.4. The third-order valence-electron chi connectivity index (χ3n) is 3.40. The summed E-state index contributed by atoms with van der Waals surface area (Å²) in [6.45, 7) is 7.37. The number of amides is 1. The quantitative estimate of drug-likeness (QED) is 0.858. The first-order valence-corrected chi connectivity index (χ1v) is 6.67. The predicted octanol–water partition coefficient (Wildman–Crippen LogP) is 0.415. The van der Waals surface area contributed by atoms with E-state index in [0.29, 0.717) is 13.1 Å². The van der Waals surface area contributed by atoms with E-state index in [1.165, 1.54) is 6.92 Å². The molecular formula is C14H21N3O2. The fourth-order valence-electron chi connectivity index (χ4n) is 2.21. The van der Waals surface area contributed by atoms with E-state index in [2.05, 4.69) is 16.0 Å². The molecule has 1 N–H and O–H groups in total. The van der Waals surface area contributed by atoms with E-state index in [-0.39, 0.29) is 5.91 Å². The molecule has 19 heavy (non-hydrogen) atoms. The highest BCUT2D eigenvalue weighted by atomic mass is 16.3. The van der Waals surface area contributed by atoms with Crippen molar-refractivity contribution >= 4 is 5.91 Å². The molecule has 2 rings (SSSR count). The van der Waals surface area contributed by atoms with Crippen molar-refractivity contribution in [1.29, 1.82) is 0 Å². The van der Waals surface area contributed by atoms with Crippen LogP contribution in [0.2, 0.25) is 0 Å². The Kier molecular flexibility index (Phi) is 4.50. The van der Waals surface area contributed by atoms with Crippen molar-refractivity contribution < 1.29 is 9.90 Å². The molecule has 0 saturated carbocycles. The van der Waals surface area contributed by atoms with Gasteiger partial charge >= 0.3 is 0 Å². The standard InChI is InChI=1S/C14H21N3O2/c1-11-3-4-13(15-9-11)10-16-5-7-17(8-6-16)14(19)12(2)18/h3-4,9,12,18H,5-8,10H2,1-2H3. The molecule has 5 nitrogen and oxygen atoms in total. The average Bonchev–Trinajstić information content (AvgIpc) is 2.41. The van der Waals surface area contributed by atoms with E-state index in [1.54, 1.807) is 4.90 Å². The zero-order chi connectivity index (χ0) is 13.8. The summed E-state index contributed by atoms with van der Waals surface area (Å²) in [6, 6.07) is 4.11. The molecule has 1 aromatic heterocycles. The van der Waals surface area contributed by atoms with Crippen molar-refractivity contribution in [3.8, 4) is 0 Å². The summed E-state index contributed by atoms with van der Waals surface area (Å²) in [4.78, 5) is 20.0. The number of rotatable bonds is 3. The van der Waals surface area contributed by atoms with Gasteiger partial charge in [0, 0.05) is 38.9 Å². The van der Waals surface area contributed by atoms with Crippen LogP contribution in [0.15, 0.2) is 18.3 Å². The molecular weight excluding hydrogens is 242 g/mol. The summed E-state index contributed by atoms with van der Waals surface area (Å²) in [5, 5.41) is 9.29. The number of carbonyl (C=O) groups excluding carboxylic acids is 1. The Hall–Kier alpha value is -1.46. The smallest absolute Gasteiger partial charge is 0.251 e. The molecule has 1 aromatic rings. The van der Waals surface area contributed by atoms with E-state index in [9.17, 15) is 9.90 Å². The monoisotopic (exact) mass is 263 g/mol. The maximum atomic E-state index is 11.6. The number of aliphatic hydroxyl groups excluding tert-OH is 1. The maximum Gasteiger partial charge on any atom is 0.251 e. The molecule has 0 aliphatic carbocycles. The first-order valence-electron chi connectivity index (χ1n) is 6.67. The summed E-state index contributed by atoms with van der Waals surface area (Å²) >= 11 is 0. The first-order chi connectivity index (χ1) is 9.06. The van der Waals surface area contributed by atoms with Gasteiger partial charge in [-0.1, -0.05) is 6.07 Å². The molecule has 1 aliphatic rings. The van der Waals surface area contributed by atoms with Gasteiger partial charge in [0.05, 0.1) is 5.69 Å². The number of aryl methyl sites for hydroxylation is 1. The molecule has 104 valence electrons. The first kappa shape index (κ1) is 14.0. The zero-order valence-corrected chi connectivity index (χ0v) is 11.5. The molecule has 0 aromatic carbocycles. The van der Waals surface area contributed by atoms with Crippen LogP contribution < -0.4 is 0 Å². The fraction of sp³-hybridized carbons (Fsp3) is 0.571. The van der Waals surface area contributed by atoms with Crippen LogP contribution in [0.4, 0.5) is 0 Å². The Bertz CT molecular complexity index is 423. The average molecular weight is 263 g/mol. The fourth-order valence-corrected chi connectivity index (χ4v) is 2.21. The Labute approximate surface area is 113 Å². The van der Waals surface area contributed by atoms with E-state index < -0.39 is 6.10 Å². The van der Waals surface area contributed by atoms with Crippen molar-refractivity contribution in [1.82, 2.24) is 14.8 Å². The van der Waals surface area contributed by atoms with Crippen LogP contribution in [0.25, 0.3) is 0 Å². The number of aromatic nitrogens is 1. The van der Waals surface area contributed by atoms with E-state index in [0.717, 1.165) is 30.9 Å². The van der Waals surface area contributed by atoms with Gasteiger partial charge in [-0.05, 0) is 25.5 Å². The zero-order valence-electron chi connectivity index (χ0n) is 11.5. The molecule has 0 radical (unpaired) electrons. The van der Waals surface area contributed by atoms with Crippen LogP contribution in [-0.2, 0) is 11.3 Å². The summed E-state index contributed by atoms with van der Waals surface area (Å²) in [6.07, 6.45) is 0.980. The molecule has 2 heterocycles. The molecule has 1 fully saturated rings. The molecule has 1 atom stereocenters. The molecule has 1 saturated heterocycles. The van der Waals surface area contributed by atoms with Gasteiger partial charge < -0.3 is 10.0 Å². The number of hydrogen-bond donors (Lipinski definition) is 1. The topological polar surface area (TPSA) is 56.7 Å². The third-order valence-corrected chi connectivity index (χ3v) is 3.40. The Morgan fingerprint density at radius 2 is 2.05 bits per heavy atom. The highest BCUT2D eigenvalue weighted by Gasteiger charge is 2.23. The molecule has 1 amide bonds. The van der Waals surface area contributed by atoms with Crippen LogP contribution in [0, 0.1) is 6.92 Å². The van der Waals surface area contributed by atoms with Crippen LogP contribution >= 0.6 is 0 Å². The number of hydrogen-bond acceptors (Lipinski definition) is 4. The number of piperazine rings is 1. The highest BCUT2D eigenvalue weighted by Crippen LogP contribution is 2.08. The number of carbonyl (C=O) groups is 1. The van der Waals surface area contributed by atoms with Gasteiger partial charge in [-0.3, -0.25) is 14.7 Å². The van der Waals surface area contributed by atoms with Gasteiger partial charge in [-0.25, -0.2) is 0 Å². The van der Waals surface area contributed by atoms with Crippen LogP contribution in [0.3, 0.4) is 0 Å². The Morgan fingerprint density at radius 3 is 2.58 bits per heavy atom. The van der Waals surface area contributed by atoms with E-state index >= 15 is 0 Å². The van der Waals surface area contributed by atoms with Gasteiger partial charge in [0.15, 0.2) is 0 Å². The van der Waals surface area contributed by atoms with Gasteiger partial charge in [0.1, 0.15) is 6.10 Å². The summed E-state index contributed by atoms with van der Waals surface area (Å²) < 4.78 is 0. The lowest BCUT2D eigenvalue weighted by Gasteiger charge is -2.35. The number of pyridine rings is 1. The van der Waals surface area contributed by atoms with Crippen molar-refractivity contribution in [3.05, 3.63) is 29.6 Å². The van der Waals surface area contributed by atoms with Gasteiger partial charge in [0.2, 0.25) is 0 Å². The van der Waals surface area contributed by atoms with Crippen molar-refractivity contribution in [2.24, 2.45) is 0 Å². The van der Waals surface area contributed by atoms with E-state index in [1.807, 2.05) is 19.2 Å². The summed E-state index contributed by atoms with van der Waals surface area (Å²) in [7, 11) is 0. The lowest BCUT2D eigenvalue weighted by atomic mass is 10.2. The van der Waals surface area contributed by atoms with Gasteiger partial charge in [-0.2, -0.15) is 0 Å². The second-order valence-corrected chi connectivity index (χ2v) is 5.10. The van der Waals surface area contributed by atoms with Crippen molar-refractivity contribution in [2.45, 2.75) is 26.5 Å². The lowest BCUT2D eigenvalue weighted by Crippen LogP contribution is -2.50. The van der Waals surface area contributed by atoms with Crippen molar-refractivity contribution in [2.75, 3.05) is 26.2 Å². The number of nitrogens with zero attached hydrogens (tertiary/aromatic N) is 3. The lowest BCUT2D eigenvalue weighted by molar-refractivity contribution is -0.141. The van der Waals surface area contributed by atoms with Crippen LogP contribution in [0.1, 0.15) is 18.2 Å². The van der Waals surface area contributed by atoms with Gasteiger partial charge in [-0.15, -0.1) is 0 Å².